The topological polar surface area (TPSA) is 18.5 Å². The molecule has 5 heteroatoms. The molecule has 0 spiro atoms. The molecule has 2 bridgehead atoms. The van der Waals surface area contributed by atoms with E-state index in [9.17, 15) is 13.2 Å². The fourth-order valence-electron chi connectivity index (χ4n) is 3.12. The summed E-state index contributed by atoms with van der Waals surface area (Å²) >= 11 is 0. The Morgan fingerprint density at radius 2 is 1.50 bits per heavy atom. The summed E-state index contributed by atoms with van der Waals surface area (Å²) in [6, 6.07) is 0. The second-order valence-electron chi connectivity index (χ2n) is 4.91. The lowest BCUT2D eigenvalue weighted by Gasteiger charge is -2.71. The standard InChI is InChI=1S/C11H17F3O2/c1-3-15-8(16-4-2)9-5-10(6-9,7-9)11(12,13)14/h8H,3-7H2,1-2H3. The maximum Gasteiger partial charge on any atom is 0.394 e. The van der Waals surface area contributed by atoms with Crippen molar-refractivity contribution in [3.8, 4) is 0 Å². The molecule has 3 aliphatic carbocycles. The first-order valence-electron chi connectivity index (χ1n) is 5.69. The van der Waals surface area contributed by atoms with E-state index in [1.165, 1.54) is 0 Å². The molecule has 3 rings (SSSR count). The van der Waals surface area contributed by atoms with E-state index in [2.05, 4.69) is 0 Å². The Balaban J connectivity index is 1.96. The van der Waals surface area contributed by atoms with Crippen LogP contribution in [0.25, 0.3) is 0 Å². The minimum Gasteiger partial charge on any atom is -0.352 e. The molecule has 0 N–H and O–H groups in total. The molecular weight excluding hydrogens is 221 g/mol. The van der Waals surface area contributed by atoms with Crippen LogP contribution in [0.5, 0.6) is 0 Å². The van der Waals surface area contributed by atoms with Gasteiger partial charge in [-0.05, 0) is 33.1 Å². The summed E-state index contributed by atoms with van der Waals surface area (Å²) in [6.45, 7) is 4.62. The van der Waals surface area contributed by atoms with E-state index in [1.807, 2.05) is 13.8 Å². The summed E-state index contributed by atoms with van der Waals surface area (Å²) in [5, 5.41) is 0. The number of hydrogen-bond acceptors (Lipinski definition) is 2. The zero-order valence-corrected chi connectivity index (χ0v) is 9.56. The highest BCUT2D eigenvalue weighted by Crippen LogP contribution is 2.79. The van der Waals surface area contributed by atoms with E-state index in [4.69, 9.17) is 9.47 Å². The Kier molecular flexibility index (Phi) is 2.74. The maximum absolute atomic E-state index is 12.6. The van der Waals surface area contributed by atoms with Crippen molar-refractivity contribution in [2.75, 3.05) is 13.2 Å². The molecule has 3 fully saturated rings. The molecule has 0 radical (unpaired) electrons. The summed E-state index contributed by atoms with van der Waals surface area (Å²) < 4.78 is 48.7. The number of alkyl halides is 3. The van der Waals surface area contributed by atoms with Gasteiger partial charge in [-0.25, -0.2) is 0 Å². The van der Waals surface area contributed by atoms with E-state index < -0.39 is 17.9 Å². The fourth-order valence-corrected chi connectivity index (χ4v) is 3.12. The normalized spacial score (nSPS) is 37.1. The number of hydrogen-bond donors (Lipinski definition) is 0. The number of rotatable bonds is 5. The van der Waals surface area contributed by atoms with Gasteiger partial charge in [0.2, 0.25) is 0 Å². The van der Waals surface area contributed by atoms with E-state index in [0.717, 1.165) is 0 Å². The van der Waals surface area contributed by atoms with Crippen LogP contribution in [0.1, 0.15) is 33.1 Å². The van der Waals surface area contributed by atoms with Gasteiger partial charge in [0.25, 0.3) is 0 Å². The Bertz CT molecular complexity index is 249. The van der Waals surface area contributed by atoms with Crippen LogP contribution in [0.15, 0.2) is 0 Å². The average molecular weight is 238 g/mol. The third-order valence-electron chi connectivity index (χ3n) is 3.81. The zero-order valence-electron chi connectivity index (χ0n) is 9.56. The summed E-state index contributed by atoms with van der Waals surface area (Å²) in [4.78, 5) is 0. The van der Waals surface area contributed by atoms with Crippen LogP contribution in [-0.2, 0) is 9.47 Å². The molecule has 0 unspecified atom stereocenters. The van der Waals surface area contributed by atoms with Gasteiger partial charge >= 0.3 is 6.18 Å². The maximum atomic E-state index is 12.6. The van der Waals surface area contributed by atoms with Crippen LogP contribution in [0.4, 0.5) is 13.2 Å². The lowest BCUT2D eigenvalue weighted by Crippen LogP contribution is -2.72. The van der Waals surface area contributed by atoms with Gasteiger partial charge in [-0.2, -0.15) is 13.2 Å². The van der Waals surface area contributed by atoms with E-state index in [0.29, 0.717) is 13.2 Å². The van der Waals surface area contributed by atoms with Crippen molar-refractivity contribution in [1.29, 1.82) is 0 Å². The molecule has 0 aromatic carbocycles. The molecule has 0 saturated heterocycles. The molecule has 0 amide bonds. The summed E-state index contributed by atoms with van der Waals surface area (Å²) in [7, 11) is 0. The summed E-state index contributed by atoms with van der Waals surface area (Å²) in [5.74, 6) is 0. The molecule has 2 nitrogen and oxygen atoms in total. The number of halogens is 3. The zero-order chi connectivity index (χ0) is 12.0. The average Bonchev–Trinajstić information content (AvgIpc) is 1.96. The predicted octanol–water partition coefficient (Wildman–Crippen LogP) is 3.12. The van der Waals surface area contributed by atoms with E-state index in [1.54, 1.807) is 0 Å². The largest absolute Gasteiger partial charge is 0.394 e. The molecular formula is C11H17F3O2. The van der Waals surface area contributed by atoms with Crippen molar-refractivity contribution in [3.63, 3.8) is 0 Å². The van der Waals surface area contributed by atoms with Crippen molar-refractivity contribution in [1.82, 2.24) is 0 Å². The Morgan fingerprint density at radius 1 is 1.06 bits per heavy atom. The second kappa shape index (κ2) is 3.60. The molecule has 3 saturated carbocycles. The summed E-state index contributed by atoms with van der Waals surface area (Å²) in [6.07, 6.45) is -3.99. The molecule has 0 aromatic rings. The van der Waals surface area contributed by atoms with Gasteiger partial charge in [-0.1, -0.05) is 0 Å². The fraction of sp³-hybridized carbons (Fsp3) is 1.00. The highest BCUT2D eigenvalue weighted by atomic mass is 19.4. The Hall–Kier alpha value is -0.290. The molecule has 0 heterocycles. The van der Waals surface area contributed by atoms with E-state index in [-0.39, 0.29) is 24.7 Å². The molecule has 3 aliphatic rings. The SMILES string of the molecule is CCOC(OCC)C12CC(C(F)(F)F)(C1)C2. The minimum absolute atomic E-state index is 0.175. The van der Waals surface area contributed by atoms with Crippen molar-refractivity contribution in [2.24, 2.45) is 10.8 Å². The monoisotopic (exact) mass is 238 g/mol. The molecule has 0 aromatic heterocycles. The quantitative estimate of drug-likeness (QED) is 0.685. The van der Waals surface area contributed by atoms with Crippen LogP contribution >= 0.6 is 0 Å². The van der Waals surface area contributed by atoms with Crippen molar-refractivity contribution in [3.05, 3.63) is 0 Å². The minimum atomic E-state index is -4.06. The first-order chi connectivity index (χ1) is 7.39. The van der Waals surface area contributed by atoms with Crippen LogP contribution in [0.2, 0.25) is 0 Å². The van der Waals surface area contributed by atoms with Gasteiger partial charge in [0.15, 0.2) is 6.29 Å². The predicted molar refractivity (Wildman–Crippen MR) is 51.8 cm³/mol. The van der Waals surface area contributed by atoms with Crippen LogP contribution < -0.4 is 0 Å². The highest BCUT2D eigenvalue weighted by molar-refractivity contribution is 5.21. The van der Waals surface area contributed by atoms with Gasteiger partial charge in [-0.3, -0.25) is 0 Å². The molecule has 16 heavy (non-hydrogen) atoms. The van der Waals surface area contributed by atoms with Gasteiger partial charge in [0.05, 0.1) is 5.41 Å². The van der Waals surface area contributed by atoms with Crippen LogP contribution in [-0.4, -0.2) is 25.7 Å². The van der Waals surface area contributed by atoms with Gasteiger partial charge in [0.1, 0.15) is 0 Å². The third-order valence-corrected chi connectivity index (χ3v) is 3.81. The lowest BCUT2D eigenvalue weighted by molar-refractivity contribution is -0.411. The van der Waals surface area contributed by atoms with Gasteiger partial charge < -0.3 is 9.47 Å². The molecule has 0 aliphatic heterocycles. The van der Waals surface area contributed by atoms with Crippen LogP contribution in [0.3, 0.4) is 0 Å². The summed E-state index contributed by atoms with van der Waals surface area (Å²) in [5.41, 5.74) is -1.78. The molecule has 0 atom stereocenters. The second-order valence-corrected chi connectivity index (χ2v) is 4.91. The highest BCUT2D eigenvalue weighted by Gasteiger charge is 2.80. The van der Waals surface area contributed by atoms with Crippen molar-refractivity contribution < 1.29 is 22.6 Å². The Morgan fingerprint density at radius 3 is 1.81 bits per heavy atom. The number of ether oxygens (including phenoxy) is 2. The first kappa shape index (κ1) is 12.2. The van der Waals surface area contributed by atoms with Crippen LogP contribution in [0, 0.1) is 10.8 Å². The van der Waals surface area contributed by atoms with Crippen molar-refractivity contribution >= 4 is 0 Å². The lowest BCUT2D eigenvalue weighted by atomic mass is 9.34. The van der Waals surface area contributed by atoms with Gasteiger partial charge in [0, 0.05) is 18.6 Å². The first-order valence-corrected chi connectivity index (χ1v) is 5.69. The smallest absolute Gasteiger partial charge is 0.352 e. The van der Waals surface area contributed by atoms with E-state index >= 15 is 0 Å². The third kappa shape index (κ3) is 1.48. The Labute approximate surface area is 93.1 Å². The molecule has 94 valence electrons. The van der Waals surface area contributed by atoms with Crippen molar-refractivity contribution in [2.45, 2.75) is 45.6 Å². The van der Waals surface area contributed by atoms with Gasteiger partial charge in [-0.15, -0.1) is 0 Å².